The zero-order chi connectivity index (χ0) is 19.1. The molecule has 0 radical (unpaired) electrons. The average Bonchev–Trinajstić information content (AvgIpc) is 2.84. The number of likely N-dealkylation sites (tertiary alicyclic amines) is 1. The van der Waals surface area contributed by atoms with Gasteiger partial charge in [-0.3, -0.25) is 9.48 Å². The van der Waals surface area contributed by atoms with Crippen LogP contribution < -0.4 is 5.32 Å². The van der Waals surface area contributed by atoms with Gasteiger partial charge in [0.15, 0.2) is 0 Å². The lowest BCUT2D eigenvalue weighted by Crippen LogP contribution is -2.35. The number of aromatic nitrogens is 2. The fraction of sp³-hybridized carbons (Fsp3) is 0.810. The summed E-state index contributed by atoms with van der Waals surface area (Å²) in [6.07, 6.45) is 5.01. The van der Waals surface area contributed by atoms with E-state index in [1.807, 2.05) is 0 Å². The first-order chi connectivity index (χ1) is 12.4. The van der Waals surface area contributed by atoms with E-state index in [1.54, 1.807) is 0 Å². The Morgan fingerprint density at radius 2 is 1.96 bits per heavy atom. The van der Waals surface area contributed by atoms with Crippen LogP contribution in [0.2, 0.25) is 0 Å². The van der Waals surface area contributed by atoms with Crippen LogP contribution >= 0.6 is 0 Å². The molecular formula is C21H38N4O. The Morgan fingerprint density at radius 3 is 2.62 bits per heavy atom. The highest BCUT2D eigenvalue weighted by atomic mass is 16.1. The molecule has 0 atom stereocenters. The molecule has 5 heteroatoms. The summed E-state index contributed by atoms with van der Waals surface area (Å²) in [5.41, 5.74) is 3.52. The van der Waals surface area contributed by atoms with Crippen molar-refractivity contribution in [2.75, 3.05) is 26.2 Å². The van der Waals surface area contributed by atoms with Gasteiger partial charge in [0.05, 0.1) is 5.69 Å². The number of piperidine rings is 1. The second-order valence-electron chi connectivity index (χ2n) is 8.45. The van der Waals surface area contributed by atoms with Gasteiger partial charge in [-0.1, -0.05) is 20.8 Å². The van der Waals surface area contributed by atoms with Crippen LogP contribution in [0, 0.1) is 25.7 Å². The Kier molecular flexibility index (Phi) is 8.14. The van der Waals surface area contributed by atoms with E-state index in [-0.39, 0.29) is 5.91 Å². The number of hydrogen-bond donors (Lipinski definition) is 1. The molecule has 2 rings (SSSR count). The van der Waals surface area contributed by atoms with Gasteiger partial charge in [0, 0.05) is 25.2 Å². The Morgan fingerprint density at radius 1 is 1.27 bits per heavy atom. The summed E-state index contributed by atoms with van der Waals surface area (Å²) in [6, 6.07) is 0. The first-order valence-electron chi connectivity index (χ1n) is 10.4. The van der Waals surface area contributed by atoms with E-state index in [9.17, 15) is 4.79 Å². The van der Waals surface area contributed by atoms with Crippen molar-refractivity contribution in [2.24, 2.45) is 11.8 Å². The van der Waals surface area contributed by atoms with Gasteiger partial charge in [0.2, 0.25) is 5.91 Å². The SMILES string of the molecule is Cc1nn(CC(C)C)c(C)c1CCC(=O)NCCCN1CCC(C)CC1. The maximum absolute atomic E-state index is 12.2. The summed E-state index contributed by atoms with van der Waals surface area (Å²) in [7, 11) is 0. The van der Waals surface area contributed by atoms with E-state index >= 15 is 0 Å². The number of carbonyl (C=O) groups is 1. The summed E-state index contributed by atoms with van der Waals surface area (Å²) in [5, 5.41) is 7.73. The molecule has 1 N–H and O–H groups in total. The molecule has 0 saturated carbocycles. The fourth-order valence-corrected chi connectivity index (χ4v) is 3.76. The van der Waals surface area contributed by atoms with Crippen LogP contribution in [0.15, 0.2) is 0 Å². The van der Waals surface area contributed by atoms with Gasteiger partial charge in [-0.05, 0) is 76.6 Å². The zero-order valence-corrected chi connectivity index (χ0v) is 17.5. The summed E-state index contributed by atoms with van der Waals surface area (Å²) < 4.78 is 2.09. The van der Waals surface area contributed by atoms with Crippen molar-refractivity contribution in [3.63, 3.8) is 0 Å². The standard InChI is InChI=1S/C21H38N4O/c1-16(2)15-25-19(5)20(18(4)23-25)7-8-21(26)22-11-6-12-24-13-9-17(3)10-14-24/h16-17H,6-15H2,1-5H3,(H,22,26). The highest BCUT2D eigenvalue weighted by Gasteiger charge is 2.16. The van der Waals surface area contributed by atoms with E-state index in [2.05, 4.69) is 54.6 Å². The monoisotopic (exact) mass is 362 g/mol. The molecule has 1 aromatic heterocycles. The van der Waals surface area contributed by atoms with Crippen LogP contribution in [0.4, 0.5) is 0 Å². The van der Waals surface area contributed by atoms with Gasteiger partial charge in [0.25, 0.3) is 0 Å². The smallest absolute Gasteiger partial charge is 0.220 e. The van der Waals surface area contributed by atoms with E-state index in [1.165, 1.54) is 37.2 Å². The summed E-state index contributed by atoms with van der Waals surface area (Å²) in [6.45, 7) is 16.2. The Bertz CT molecular complexity index is 571. The molecule has 0 bridgehead atoms. The Hall–Kier alpha value is -1.36. The lowest BCUT2D eigenvalue weighted by Gasteiger charge is -2.30. The van der Waals surface area contributed by atoms with Gasteiger partial charge in [-0.2, -0.15) is 5.10 Å². The second kappa shape index (κ2) is 10.1. The van der Waals surface area contributed by atoms with Crippen molar-refractivity contribution in [2.45, 2.75) is 73.3 Å². The molecule has 1 aromatic rings. The van der Waals surface area contributed by atoms with Crippen LogP contribution in [0.3, 0.4) is 0 Å². The molecule has 0 aromatic carbocycles. The number of nitrogens with one attached hydrogen (secondary N) is 1. The van der Waals surface area contributed by atoms with Crippen molar-refractivity contribution in [3.8, 4) is 0 Å². The van der Waals surface area contributed by atoms with Gasteiger partial charge >= 0.3 is 0 Å². The summed E-state index contributed by atoms with van der Waals surface area (Å²) in [5.74, 6) is 1.61. The third-order valence-corrected chi connectivity index (χ3v) is 5.52. The Balaban J connectivity index is 1.66. The highest BCUT2D eigenvalue weighted by Crippen LogP contribution is 2.17. The van der Waals surface area contributed by atoms with E-state index in [0.717, 1.165) is 44.1 Å². The minimum atomic E-state index is 0.160. The minimum Gasteiger partial charge on any atom is -0.356 e. The predicted octanol–water partition coefficient (Wildman–Crippen LogP) is 3.33. The largest absolute Gasteiger partial charge is 0.356 e. The number of carbonyl (C=O) groups excluding carboxylic acids is 1. The van der Waals surface area contributed by atoms with Gasteiger partial charge < -0.3 is 10.2 Å². The quantitative estimate of drug-likeness (QED) is 0.686. The van der Waals surface area contributed by atoms with Gasteiger partial charge in [0.1, 0.15) is 0 Å². The van der Waals surface area contributed by atoms with Crippen LogP contribution in [-0.4, -0.2) is 46.8 Å². The lowest BCUT2D eigenvalue weighted by molar-refractivity contribution is -0.121. The second-order valence-corrected chi connectivity index (χ2v) is 8.45. The molecule has 0 spiro atoms. The molecule has 148 valence electrons. The average molecular weight is 363 g/mol. The lowest BCUT2D eigenvalue weighted by atomic mass is 9.99. The number of aryl methyl sites for hydroxylation is 1. The fourth-order valence-electron chi connectivity index (χ4n) is 3.76. The van der Waals surface area contributed by atoms with Crippen LogP contribution in [0.5, 0.6) is 0 Å². The normalized spacial score (nSPS) is 16.4. The van der Waals surface area contributed by atoms with Crippen molar-refractivity contribution in [1.29, 1.82) is 0 Å². The predicted molar refractivity (Wildman–Crippen MR) is 107 cm³/mol. The maximum Gasteiger partial charge on any atom is 0.220 e. The number of nitrogens with zero attached hydrogens (tertiary/aromatic N) is 3. The van der Waals surface area contributed by atoms with Crippen LogP contribution in [0.1, 0.15) is 63.4 Å². The van der Waals surface area contributed by atoms with Gasteiger partial charge in [-0.15, -0.1) is 0 Å². The molecule has 1 amide bonds. The van der Waals surface area contributed by atoms with Crippen LogP contribution in [-0.2, 0) is 17.8 Å². The van der Waals surface area contributed by atoms with Crippen LogP contribution in [0.25, 0.3) is 0 Å². The molecule has 26 heavy (non-hydrogen) atoms. The van der Waals surface area contributed by atoms with Crippen molar-refractivity contribution in [1.82, 2.24) is 20.0 Å². The molecule has 1 aliphatic heterocycles. The topological polar surface area (TPSA) is 50.2 Å². The highest BCUT2D eigenvalue weighted by molar-refractivity contribution is 5.76. The molecular weight excluding hydrogens is 324 g/mol. The Labute approximate surface area is 159 Å². The van der Waals surface area contributed by atoms with Crippen molar-refractivity contribution < 1.29 is 4.79 Å². The zero-order valence-electron chi connectivity index (χ0n) is 17.5. The molecule has 1 aliphatic rings. The first-order valence-corrected chi connectivity index (χ1v) is 10.4. The third kappa shape index (κ3) is 6.42. The molecule has 0 aliphatic carbocycles. The number of amides is 1. The van der Waals surface area contributed by atoms with Gasteiger partial charge in [-0.25, -0.2) is 0 Å². The third-order valence-electron chi connectivity index (χ3n) is 5.52. The maximum atomic E-state index is 12.2. The summed E-state index contributed by atoms with van der Waals surface area (Å²) in [4.78, 5) is 14.7. The molecule has 0 unspecified atom stereocenters. The molecule has 1 fully saturated rings. The van der Waals surface area contributed by atoms with E-state index < -0.39 is 0 Å². The van der Waals surface area contributed by atoms with Crippen molar-refractivity contribution >= 4 is 5.91 Å². The van der Waals surface area contributed by atoms with E-state index in [0.29, 0.717) is 12.3 Å². The summed E-state index contributed by atoms with van der Waals surface area (Å²) >= 11 is 0. The number of rotatable bonds is 9. The molecule has 1 saturated heterocycles. The van der Waals surface area contributed by atoms with Crippen molar-refractivity contribution in [3.05, 3.63) is 17.0 Å². The van der Waals surface area contributed by atoms with E-state index in [4.69, 9.17) is 0 Å². The molecule has 5 nitrogen and oxygen atoms in total. The molecule has 2 heterocycles. The number of hydrogen-bond acceptors (Lipinski definition) is 3. The minimum absolute atomic E-state index is 0.160. The first kappa shape index (κ1) is 20.9.